The van der Waals surface area contributed by atoms with Crippen LogP contribution in [0.4, 0.5) is 4.79 Å². The molecule has 1 aliphatic heterocycles. The quantitative estimate of drug-likeness (QED) is 0.746. The van der Waals surface area contributed by atoms with Gasteiger partial charge in [0.05, 0.1) is 12.1 Å². The first-order valence-electron chi connectivity index (χ1n) is 4.77. The SMILES string of the molecule is O=C1NC[C@@H](COC(=O)c2cccnc2)O1. The van der Waals surface area contributed by atoms with Gasteiger partial charge in [0.1, 0.15) is 6.61 Å². The number of ether oxygens (including phenoxy) is 2. The summed E-state index contributed by atoms with van der Waals surface area (Å²) in [6.45, 7) is 0.408. The van der Waals surface area contributed by atoms with Crippen LogP contribution in [-0.4, -0.2) is 36.3 Å². The maximum absolute atomic E-state index is 11.5. The van der Waals surface area contributed by atoms with Crippen molar-refractivity contribution >= 4 is 12.1 Å². The Morgan fingerprint density at radius 1 is 1.69 bits per heavy atom. The maximum Gasteiger partial charge on any atom is 0.407 e. The Morgan fingerprint density at radius 3 is 3.19 bits per heavy atom. The van der Waals surface area contributed by atoms with Crippen molar-refractivity contribution in [2.24, 2.45) is 0 Å². The van der Waals surface area contributed by atoms with Crippen LogP contribution < -0.4 is 5.32 Å². The molecule has 0 spiro atoms. The third-order valence-electron chi connectivity index (χ3n) is 2.05. The molecule has 0 bridgehead atoms. The Bertz CT molecular complexity index is 393. The molecule has 1 fully saturated rings. The van der Waals surface area contributed by atoms with Crippen molar-refractivity contribution in [2.75, 3.05) is 13.2 Å². The van der Waals surface area contributed by atoms with Crippen LogP contribution in [0.2, 0.25) is 0 Å². The van der Waals surface area contributed by atoms with E-state index in [-0.39, 0.29) is 6.61 Å². The summed E-state index contributed by atoms with van der Waals surface area (Å²) in [7, 11) is 0. The highest BCUT2D eigenvalue weighted by Crippen LogP contribution is 2.04. The second kappa shape index (κ2) is 4.61. The highest BCUT2D eigenvalue weighted by atomic mass is 16.6. The Labute approximate surface area is 91.6 Å². The van der Waals surface area contributed by atoms with Crippen LogP contribution in [0.25, 0.3) is 0 Å². The van der Waals surface area contributed by atoms with Crippen molar-refractivity contribution < 1.29 is 19.1 Å². The van der Waals surface area contributed by atoms with Gasteiger partial charge >= 0.3 is 12.1 Å². The average molecular weight is 222 g/mol. The number of amides is 1. The molecule has 0 aliphatic carbocycles. The number of carbonyl (C=O) groups excluding carboxylic acids is 2. The van der Waals surface area contributed by atoms with Crippen LogP contribution in [-0.2, 0) is 9.47 Å². The van der Waals surface area contributed by atoms with Crippen LogP contribution in [0.1, 0.15) is 10.4 Å². The minimum absolute atomic E-state index is 0.0481. The van der Waals surface area contributed by atoms with Gasteiger partial charge in [-0.05, 0) is 12.1 Å². The van der Waals surface area contributed by atoms with Crippen LogP contribution in [0, 0.1) is 0 Å². The fourth-order valence-corrected chi connectivity index (χ4v) is 1.26. The van der Waals surface area contributed by atoms with Gasteiger partial charge in [0, 0.05) is 12.4 Å². The number of esters is 1. The van der Waals surface area contributed by atoms with E-state index in [2.05, 4.69) is 10.3 Å². The number of cyclic esters (lactones) is 1. The van der Waals surface area contributed by atoms with Gasteiger partial charge in [-0.25, -0.2) is 9.59 Å². The molecule has 1 aromatic rings. The van der Waals surface area contributed by atoms with E-state index in [4.69, 9.17) is 9.47 Å². The zero-order valence-electron chi connectivity index (χ0n) is 8.38. The minimum Gasteiger partial charge on any atom is -0.458 e. The lowest BCUT2D eigenvalue weighted by atomic mass is 10.3. The predicted molar refractivity (Wildman–Crippen MR) is 52.8 cm³/mol. The predicted octanol–water partition coefficient (Wildman–Crippen LogP) is 0.347. The normalized spacial score (nSPS) is 18.8. The standard InChI is InChI=1S/C10H10N2O4/c13-9(7-2-1-3-11-4-7)15-6-8-5-12-10(14)16-8/h1-4,8H,5-6H2,(H,12,14)/t8-/m0/s1. The molecule has 1 aliphatic rings. The highest BCUT2D eigenvalue weighted by Gasteiger charge is 2.23. The smallest absolute Gasteiger partial charge is 0.407 e. The van der Waals surface area contributed by atoms with Crippen LogP contribution in [0.3, 0.4) is 0 Å². The van der Waals surface area contributed by atoms with Crippen molar-refractivity contribution in [3.8, 4) is 0 Å². The summed E-state index contributed by atoms with van der Waals surface area (Å²) in [5.74, 6) is -0.476. The zero-order valence-corrected chi connectivity index (χ0v) is 8.38. The molecule has 2 heterocycles. The summed E-state index contributed by atoms with van der Waals surface area (Å²) in [5.41, 5.74) is 0.375. The molecule has 6 nitrogen and oxygen atoms in total. The lowest BCUT2D eigenvalue weighted by Crippen LogP contribution is -2.22. The molecular weight excluding hydrogens is 212 g/mol. The van der Waals surface area contributed by atoms with E-state index >= 15 is 0 Å². The molecule has 1 amide bonds. The Hall–Kier alpha value is -2.11. The van der Waals surface area contributed by atoms with E-state index in [9.17, 15) is 9.59 Å². The number of rotatable bonds is 3. The van der Waals surface area contributed by atoms with Crippen molar-refractivity contribution in [3.63, 3.8) is 0 Å². The van der Waals surface area contributed by atoms with E-state index in [1.165, 1.54) is 6.20 Å². The molecule has 0 unspecified atom stereocenters. The molecule has 84 valence electrons. The number of nitrogens with zero attached hydrogens (tertiary/aromatic N) is 1. The highest BCUT2D eigenvalue weighted by molar-refractivity contribution is 5.88. The Morgan fingerprint density at radius 2 is 2.56 bits per heavy atom. The largest absolute Gasteiger partial charge is 0.458 e. The van der Waals surface area contributed by atoms with Crippen LogP contribution in [0.5, 0.6) is 0 Å². The lowest BCUT2D eigenvalue weighted by Gasteiger charge is -2.08. The summed E-state index contributed by atoms with van der Waals surface area (Å²) in [4.78, 5) is 25.9. The first kappa shape index (κ1) is 10.4. The van der Waals surface area contributed by atoms with Crippen molar-refractivity contribution in [1.29, 1.82) is 0 Å². The fraction of sp³-hybridized carbons (Fsp3) is 0.300. The van der Waals surface area contributed by atoms with Crippen molar-refractivity contribution in [2.45, 2.75) is 6.10 Å². The van der Waals surface area contributed by atoms with E-state index in [0.717, 1.165) is 0 Å². The molecule has 0 saturated carbocycles. The lowest BCUT2D eigenvalue weighted by molar-refractivity contribution is 0.0300. The summed E-state index contributed by atoms with van der Waals surface area (Å²) >= 11 is 0. The molecule has 6 heteroatoms. The van der Waals surface area contributed by atoms with E-state index in [1.807, 2.05) is 0 Å². The summed E-state index contributed by atoms with van der Waals surface area (Å²) in [6, 6.07) is 3.25. The molecule has 0 aromatic carbocycles. The molecular formula is C10H10N2O4. The third-order valence-corrected chi connectivity index (χ3v) is 2.05. The van der Waals surface area contributed by atoms with Crippen molar-refractivity contribution in [3.05, 3.63) is 30.1 Å². The summed E-state index contributed by atoms with van der Waals surface area (Å²) in [5, 5.41) is 2.47. The summed E-state index contributed by atoms with van der Waals surface area (Å²) < 4.78 is 9.77. The number of hydrogen-bond donors (Lipinski definition) is 1. The molecule has 1 aromatic heterocycles. The molecule has 16 heavy (non-hydrogen) atoms. The number of alkyl carbamates (subject to hydrolysis) is 1. The van der Waals surface area contributed by atoms with Gasteiger partial charge in [-0.2, -0.15) is 0 Å². The first-order valence-corrected chi connectivity index (χ1v) is 4.77. The third kappa shape index (κ3) is 2.47. The van der Waals surface area contributed by atoms with Gasteiger partial charge in [0.25, 0.3) is 0 Å². The fourth-order valence-electron chi connectivity index (χ4n) is 1.26. The van der Waals surface area contributed by atoms with Gasteiger partial charge in [-0.15, -0.1) is 0 Å². The van der Waals surface area contributed by atoms with E-state index < -0.39 is 18.2 Å². The minimum atomic E-state index is -0.484. The molecule has 1 N–H and O–H groups in total. The molecule has 1 saturated heterocycles. The number of aromatic nitrogens is 1. The van der Waals surface area contributed by atoms with Gasteiger partial charge in [-0.1, -0.05) is 0 Å². The number of hydrogen-bond acceptors (Lipinski definition) is 5. The number of nitrogens with one attached hydrogen (secondary N) is 1. The summed E-state index contributed by atoms with van der Waals surface area (Å²) in [6.07, 6.45) is 2.09. The van der Waals surface area contributed by atoms with E-state index in [1.54, 1.807) is 18.3 Å². The topological polar surface area (TPSA) is 77.5 Å². The average Bonchev–Trinajstić information content (AvgIpc) is 2.73. The Kier molecular flexibility index (Phi) is 3.00. The van der Waals surface area contributed by atoms with Gasteiger partial charge in [0.15, 0.2) is 6.10 Å². The molecule has 2 rings (SSSR count). The number of pyridine rings is 1. The van der Waals surface area contributed by atoms with Gasteiger partial charge < -0.3 is 14.8 Å². The monoisotopic (exact) mass is 222 g/mol. The first-order chi connectivity index (χ1) is 7.75. The number of carbonyl (C=O) groups is 2. The second-order valence-electron chi connectivity index (χ2n) is 3.25. The Balaban J connectivity index is 1.82. The van der Waals surface area contributed by atoms with Crippen molar-refractivity contribution in [1.82, 2.24) is 10.3 Å². The molecule has 1 atom stereocenters. The van der Waals surface area contributed by atoms with Crippen LogP contribution >= 0.6 is 0 Å². The van der Waals surface area contributed by atoms with Gasteiger partial charge in [0.2, 0.25) is 0 Å². The zero-order chi connectivity index (χ0) is 11.4. The second-order valence-corrected chi connectivity index (χ2v) is 3.25. The van der Waals surface area contributed by atoms with Gasteiger partial charge in [-0.3, -0.25) is 4.98 Å². The maximum atomic E-state index is 11.5. The molecule has 0 radical (unpaired) electrons. The van der Waals surface area contributed by atoms with E-state index in [0.29, 0.717) is 12.1 Å². The van der Waals surface area contributed by atoms with Crippen LogP contribution in [0.15, 0.2) is 24.5 Å².